The lowest BCUT2D eigenvalue weighted by Gasteiger charge is -2.34. The van der Waals surface area contributed by atoms with Crippen molar-refractivity contribution in [1.82, 2.24) is 5.32 Å². The average molecular weight is 318 g/mol. The molecule has 1 aliphatic carbocycles. The van der Waals surface area contributed by atoms with Crippen molar-refractivity contribution in [3.8, 4) is 0 Å². The maximum absolute atomic E-state index is 12.5. The predicted octanol–water partition coefficient (Wildman–Crippen LogP) is 3.29. The molecule has 0 aromatic heterocycles. The number of nitrogens with one attached hydrogen (secondary N) is 2. The molecule has 0 radical (unpaired) electrons. The van der Waals surface area contributed by atoms with Gasteiger partial charge in [0.1, 0.15) is 0 Å². The second kappa shape index (κ2) is 6.32. The first-order chi connectivity index (χ1) is 10.5. The molecule has 1 aliphatic heterocycles. The number of hydrogen-bond donors (Lipinski definition) is 2. The molecule has 3 atom stereocenters. The lowest BCUT2D eigenvalue weighted by molar-refractivity contribution is -0.113. The van der Waals surface area contributed by atoms with Crippen LogP contribution in [0, 0.1) is 11.8 Å². The zero-order chi connectivity index (χ0) is 15.7. The number of amides is 2. The summed E-state index contributed by atoms with van der Waals surface area (Å²) in [7, 11) is 0. The van der Waals surface area contributed by atoms with Gasteiger partial charge < -0.3 is 10.6 Å². The van der Waals surface area contributed by atoms with Gasteiger partial charge in [0.15, 0.2) is 0 Å². The molecule has 2 aliphatic rings. The minimum Gasteiger partial charge on any atom is -0.349 e. The van der Waals surface area contributed by atoms with Gasteiger partial charge in [-0.3, -0.25) is 9.59 Å². The van der Waals surface area contributed by atoms with E-state index in [4.69, 9.17) is 0 Å². The van der Waals surface area contributed by atoms with Crippen molar-refractivity contribution in [2.75, 3.05) is 11.1 Å². The van der Waals surface area contributed by atoms with Crippen molar-refractivity contribution in [1.29, 1.82) is 0 Å². The van der Waals surface area contributed by atoms with E-state index in [-0.39, 0.29) is 17.9 Å². The maximum Gasteiger partial charge on any atom is 0.251 e. The van der Waals surface area contributed by atoms with Crippen LogP contribution in [0.5, 0.6) is 0 Å². The molecule has 2 amide bonds. The summed E-state index contributed by atoms with van der Waals surface area (Å²) >= 11 is 1.51. The molecule has 0 bridgehead atoms. The number of rotatable bonds is 2. The van der Waals surface area contributed by atoms with Crippen LogP contribution in [0.1, 0.15) is 43.5 Å². The molecular formula is C17H22N2O2S. The molecule has 0 unspecified atom stereocenters. The third kappa shape index (κ3) is 3.14. The van der Waals surface area contributed by atoms with Crippen molar-refractivity contribution < 1.29 is 9.59 Å². The predicted molar refractivity (Wildman–Crippen MR) is 89.2 cm³/mol. The van der Waals surface area contributed by atoms with E-state index in [9.17, 15) is 9.59 Å². The Morgan fingerprint density at radius 2 is 2.14 bits per heavy atom. The summed E-state index contributed by atoms with van der Waals surface area (Å²) in [4.78, 5) is 25.0. The van der Waals surface area contributed by atoms with Crippen LogP contribution >= 0.6 is 11.8 Å². The summed E-state index contributed by atoms with van der Waals surface area (Å²) in [6.07, 6.45) is 3.47. The number of carbonyl (C=O) groups excluding carboxylic acids is 2. The SMILES string of the molecule is C[C@@H]1[C@H](C)CCC[C@H]1NC(=O)c1ccc2c(c1)NC(=O)CS2. The molecule has 3 rings (SSSR count). The molecule has 1 saturated carbocycles. The largest absolute Gasteiger partial charge is 0.349 e. The molecule has 1 aromatic carbocycles. The fourth-order valence-corrected chi connectivity index (χ4v) is 4.05. The highest BCUT2D eigenvalue weighted by molar-refractivity contribution is 8.00. The van der Waals surface area contributed by atoms with Crippen LogP contribution < -0.4 is 10.6 Å². The second-order valence-electron chi connectivity index (χ2n) is 6.40. The number of benzene rings is 1. The van der Waals surface area contributed by atoms with Gasteiger partial charge in [0.2, 0.25) is 5.91 Å². The average Bonchev–Trinajstić information content (AvgIpc) is 2.51. The third-order valence-corrected chi connectivity index (χ3v) is 5.97. The van der Waals surface area contributed by atoms with Gasteiger partial charge in [0.25, 0.3) is 5.91 Å². The molecule has 4 nitrogen and oxygen atoms in total. The monoisotopic (exact) mass is 318 g/mol. The number of carbonyl (C=O) groups is 2. The second-order valence-corrected chi connectivity index (χ2v) is 7.41. The van der Waals surface area contributed by atoms with Gasteiger partial charge in [-0.25, -0.2) is 0 Å². The van der Waals surface area contributed by atoms with Crippen LogP contribution in [0.4, 0.5) is 5.69 Å². The summed E-state index contributed by atoms with van der Waals surface area (Å²) < 4.78 is 0. The summed E-state index contributed by atoms with van der Waals surface area (Å²) in [6, 6.07) is 5.79. The lowest BCUT2D eigenvalue weighted by Crippen LogP contribution is -2.43. The van der Waals surface area contributed by atoms with Crippen LogP contribution in [0.3, 0.4) is 0 Å². The summed E-state index contributed by atoms with van der Waals surface area (Å²) in [5, 5.41) is 6.01. The van der Waals surface area contributed by atoms with E-state index in [2.05, 4.69) is 24.5 Å². The smallest absolute Gasteiger partial charge is 0.251 e. The Kier molecular flexibility index (Phi) is 4.43. The van der Waals surface area contributed by atoms with E-state index in [0.29, 0.717) is 23.2 Å². The van der Waals surface area contributed by atoms with Crippen molar-refractivity contribution in [3.05, 3.63) is 23.8 Å². The summed E-state index contributed by atoms with van der Waals surface area (Å²) in [5.74, 6) is 1.54. The number of hydrogen-bond acceptors (Lipinski definition) is 3. The van der Waals surface area contributed by atoms with Crippen molar-refractivity contribution in [3.63, 3.8) is 0 Å². The Morgan fingerprint density at radius 1 is 1.32 bits per heavy atom. The van der Waals surface area contributed by atoms with Crippen LogP contribution in [-0.2, 0) is 4.79 Å². The zero-order valence-electron chi connectivity index (χ0n) is 13.0. The van der Waals surface area contributed by atoms with E-state index in [1.165, 1.54) is 24.6 Å². The first-order valence-corrected chi connectivity index (χ1v) is 8.90. The van der Waals surface area contributed by atoms with Gasteiger partial charge in [-0.2, -0.15) is 0 Å². The lowest BCUT2D eigenvalue weighted by atomic mass is 9.78. The van der Waals surface area contributed by atoms with Gasteiger partial charge in [-0.15, -0.1) is 11.8 Å². The number of anilines is 1. The Labute approximate surface area is 135 Å². The van der Waals surface area contributed by atoms with E-state index in [1.807, 2.05) is 12.1 Å². The van der Waals surface area contributed by atoms with E-state index < -0.39 is 0 Å². The highest BCUT2D eigenvalue weighted by Gasteiger charge is 2.28. The Hall–Kier alpha value is -1.49. The van der Waals surface area contributed by atoms with Crippen molar-refractivity contribution in [2.24, 2.45) is 11.8 Å². The van der Waals surface area contributed by atoms with Gasteiger partial charge in [-0.1, -0.05) is 26.7 Å². The fourth-order valence-electron chi connectivity index (χ4n) is 3.26. The quantitative estimate of drug-likeness (QED) is 0.880. The standard InChI is InChI=1S/C17H22N2O2S/c1-10-4-3-5-13(11(10)2)19-17(21)12-6-7-15-14(8-12)18-16(20)9-22-15/h6-8,10-11,13H,3-5,9H2,1-2H3,(H,18,20)(H,19,21)/t10-,11-,13-/m1/s1. The van der Waals surface area contributed by atoms with Crippen molar-refractivity contribution in [2.45, 2.75) is 44.0 Å². The van der Waals surface area contributed by atoms with Gasteiger partial charge in [-0.05, 0) is 36.5 Å². The Bertz CT molecular complexity index is 602. The highest BCUT2D eigenvalue weighted by atomic mass is 32.2. The summed E-state index contributed by atoms with van der Waals surface area (Å²) in [5.41, 5.74) is 1.37. The van der Waals surface area contributed by atoms with E-state index in [1.54, 1.807) is 6.07 Å². The molecule has 118 valence electrons. The molecular weight excluding hydrogens is 296 g/mol. The normalized spacial score (nSPS) is 27.7. The minimum atomic E-state index is -0.0430. The van der Waals surface area contributed by atoms with Gasteiger partial charge in [0, 0.05) is 16.5 Å². The maximum atomic E-state index is 12.5. The van der Waals surface area contributed by atoms with Crippen LogP contribution in [0.25, 0.3) is 0 Å². The van der Waals surface area contributed by atoms with Gasteiger partial charge in [0.05, 0.1) is 11.4 Å². The van der Waals surface area contributed by atoms with Crippen LogP contribution in [-0.4, -0.2) is 23.6 Å². The Balaban J connectivity index is 1.72. The Morgan fingerprint density at radius 3 is 2.95 bits per heavy atom. The number of fused-ring (bicyclic) bond motifs is 1. The topological polar surface area (TPSA) is 58.2 Å². The van der Waals surface area contributed by atoms with Crippen LogP contribution in [0.2, 0.25) is 0 Å². The molecule has 22 heavy (non-hydrogen) atoms. The molecule has 1 heterocycles. The molecule has 1 aromatic rings. The van der Waals surface area contributed by atoms with E-state index >= 15 is 0 Å². The molecule has 5 heteroatoms. The first-order valence-electron chi connectivity index (χ1n) is 7.92. The van der Waals surface area contributed by atoms with Crippen LogP contribution in [0.15, 0.2) is 23.1 Å². The molecule has 2 N–H and O–H groups in total. The third-order valence-electron chi connectivity index (χ3n) is 4.90. The first kappa shape index (κ1) is 15.4. The van der Waals surface area contributed by atoms with Crippen molar-refractivity contribution >= 4 is 29.3 Å². The summed E-state index contributed by atoms with van der Waals surface area (Å²) in [6.45, 7) is 4.48. The molecule has 0 saturated heterocycles. The van der Waals surface area contributed by atoms with Gasteiger partial charge >= 0.3 is 0 Å². The highest BCUT2D eigenvalue weighted by Crippen LogP contribution is 2.33. The van der Waals surface area contributed by atoms with E-state index in [0.717, 1.165) is 17.0 Å². The minimum absolute atomic E-state index is 0.00946. The molecule has 1 fully saturated rings. The zero-order valence-corrected chi connectivity index (χ0v) is 13.8. The fraction of sp³-hybridized carbons (Fsp3) is 0.529. The number of thioether (sulfide) groups is 1. The molecule has 0 spiro atoms.